The summed E-state index contributed by atoms with van der Waals surface area (Å²) in [5, 5.41) is 0. The number of carbonyl (C=O) groups is 1. The van der Waals surface area contributed by atoms with Crippen molar-refractivity contribution in [1.29, 1.82) is 0 Å². The second kappa shape index (κ2) is 2.35. The fourth-order valence-corrected chi connectivity index (χ4v) is 1.89. The summed E-state index contributed by atoms with van der Waals surface area (Å²) in [5.74, 6) is -0.333. The zero-order valence-corrected chi connectivity index (χ0v) is 7.29. The fourth-order valence-electron chi connectivity index (χ4n) is 1.89. The van der Waals surface area contributed by atoms with Crippen LogP contribution in [-0.2, 0) is 6.42 Å². The molecule has 1 aromatic heterocycles. The Morgan fingerprint density at radius 1 is 1.21 bits per heavy atom. The molecule has 0 amide bonds. The topological polar surface area (TPSA) is 63.1 Å². The van der Waals surface area contributed by atoms with Crippen molar-refractivity contribution in [3.8, 4) is 0 Å². The molecular formula is C10H7NO3. The van der Waals surface area contributed by atoms with E-state index in [1.807, 2.05) is 0 Å². The van der Waals surface area contributed by atoms with E-state index in [9.17, 15) is 9.59 Å². The zero-order valence-electron chi connectivity index (χ0n) is 7.29. The van der Waals surface area contributed by atoms with Gasteiger partial charge >= 0.3 is 5.76 Å². The molecule has 0 saturated heterocycles. The highest BCUT2D eigenvalue weighted by atomic mass is 16.4. The van der Waals surface area contributed by atoms with E-state index in [0.717, 1.165) is 17.5 Å². The highest BCUT2D eigenvalue weighted by Gasteiger charge is 2.20. The van der Waals surface area contributed by atoms with Crippen LogP contribution in [0, 0.1) is 0 Å². The molecule has 0 saturated carbocycles. The van der Waals surface area contributed by atoms with Crippen molar-refractivity contribution in [2.75, 3.05) is 0 Å². The SMILES string of the molecule is O=C1CCc2cc3oc(=O)[nH]c3cc21. The molecule has 1 aliphatic carbocycles. The summed E-state index contributed by atoms with van der Waals surface area (Å²) in [7, 11) is 0. The maximum absolute atomic E-state index is 11.4. The second-order valence-electron chi connectivity index (χ2n) is 3.44. The highest BCUT2D eigenvalue weighted by molar-refractivity contribution is 6.02. The van der Waals surface area contributed by atoms with Crippen molar-refractivity contribution in [3.63, 3.8) is 0 Å². The Balaban J connectivity index is 2.42. The zero-order chi connectivity index (χ0) is 9.71. The van der Waals surface area contributed by atoms with Crippen molar-refractivity contribution >= 4 is 16.9 Å². The van der Waals surface area contributed by atoms with E-state index < -0.39 is 5.76 Å². The number of benzene rings is 1. The van der Waals surface area contributed by atoms with Gasteiger partial charge in [0.15, 0.2) is 11.4 Å². The second-order valence-corrected chi connectivity index (χ2v) is 3.44. The Hall–Kier alpha value is -1.84. The molecule has 1 aliphatic rings. The Kier molecular flexibility index (Phi) is 1.27. The number of H-pyrrole nitrogens is 1. The molecule has 0 unspecified atom stereocenters. The lowest BCUT2D eigenvalue weighted by atomic mass is 10.1. The van der Waals surface area contributed by atoms with Crippen molar-refractivity contribution in [2.45, 2.75) is 12.8 Å². The molecule has 1 N–H and O–H groups in total. The number of rotatable bonds is 0. The number of oxazole rings is 1. The number of aromatic nitrogens is 1. The maximum Gasteiger partial charge on any atom is 0.417 e. The van der Waals surface area contributed by atoms with Gasteiger partial charge in [-0.1, -0.05) is 0 Å². The van der Waals surface area contributed by atoms with Gasteiger partial charge in [-0.05, 0) is 24.1 Å². The minimum atomic E-state index is -0.476. The largest absolute Gasteiger partial charge is 0.417 e. The monoisotopic (exact) mass is 189 g/mol. The lowest BCUT2D eigenvalue weighted by Crippen LogP contribution is -1.93. The minimum Gasteiger partial charge on any atom is -0.408 e. The van der Waals surface area contributed by atoms with Crippen LogP contribution in [0.5, 0.6) is 0 Å². The van der Waals surface area contributed by atoms with Crippen LogP contribution in [0.2, 0.25) is 0 Å². The molecule has 4 heteroatoms. The lowest BCUT2D eigenvalue weighted by Gasteiger charge is -1.95. The van der Waals surface area contributed by atoms with Gasteiger partial charge in [0, 0.05) is 12.0 Å². The molecule has 0 radical (unpaired) electrons. The van der Waals surface area contributed by atoms with E-state index in [1.165, 1.54) is 0 Å². The number of aryl methyl sites for hydroxylation is 1. The number of nitrogens with one attached hydrogen (secondary N) is 1. The molecule has 4 nitrogen and oxygen atoms in total. The van der Waals surface area contributed by atoms with E-state index in [1.54, 1.807) is 12.1 Å². The van der Waals surface area contributed by atoms with Gasteiger partial charge in [0.05, 0.1) is 5.52 Å². The summed E-state index contributed by atoms with van der Waals surface area (Å²) < 4.78 is 4.91. The van der Waals surface area contributed by atoms with E-state index in [4.69, 9.17) is 4.42 Å². The number of aromatic amines is 1. The molecule has 0 aliphatic heterocycles. The van der Waals surface area contributed by atoms with Gasteiger partial charge in [0.1, 0.15) is 0 Å². The molecule has 3 rings (SSSR count). The molecule has 0 spiro atoms. The maximum atomic E-state index is 11.4. The van der Waals surface area contributed by atoms with Crippen molar-refractivity contribution in [3.05, 3.63) is 33.8 Å². The van der Waals surface area contributed by atoms with Crippen LogP contribution in [0.4, 0.5) is 0 Å². The number of ketones is 1. The van der Waals surface area contributed by atoms with Crippen LogP contribution < -0.4 is 5.76 Å². The predicted octanol–water partition coefficient (Wildman–Crippen LogP) is 1.25. The van der Waals surface area contributed by atoms with Gasteiger partial charge in [0.25, 0.3) is 0 Å². The van der Waals surface area contributed by atoms with Crippen LogP contribution in [0.15, 0.2) is 21.3 Å². The van der Waals surface area contributed by atoms with Crippen LogP contribution >= 0.6 is 0 Å². The summed E-state index contributed by atoms with van der Waals surface area (Å²) >= 11 is 0. The first kappa shape index (κ1) is 7.55. The summed E-state index contributed by atoms with van der Waals surface area (Å²) in [6.07, 6.45) is 1.31. The Morgan fingerprint density at radius 2 is 2.07 bits per heavy atom. The van der Waals surface area contributed by atoms with Crippen LogP contribution in [0.3, 0.4) is 0 Å². The smallest absolute Gasteiger partial charge is 0.408 e. The van der Waals surface area contributed by atoms with Crippen LogP contribution in [0.25, 0.3) is 11.1 Å². The molecule has 1 aromatic carbocycles. The first-order valence-electron chi connectivity index (χ1n) is 4.43. The highest BCUT2D eigenvalue weighted by Crippen LogP contribution is 2.25. The predicted molar refractivity (Wildman–Crippen MR) is 49.5 cm³/mol. The molecule has 0 fully saturated rings. The summed E-state index contributed by atoms with van der Waals surface area (Å²) in [6, 6.07) is 3.47. The van der Waals surface area contributed by atoms with E-state index in [-0.39, 0.29) is 5.78 Å². The average Bonchev–Trinajstić information content (AvgIpc) is 2.66. The normalized spacial score (nSPS) is 15.0. The van der Waals surface area contributed by atoms with E-state index in [0.29, 0.717) is 17.5 Å². The van der Waals surface area contributed by atoms with E-state index in [2.05, 4.69) is 4.98 Å². The molecule has 0 atom stereocenters. The van der Waals surface area contributed by atoms with Crippen molar-refractivity contribution < 1.29 is 9.21 Å². The number of hydrogen-bond acceptors (Lipinski definition) is 3. The Morgan fingerprint density at radius 3 is 2.93 bits per heavy atom. The summed E-state index contributed by atoms with van der Waals surface area (Å²) in [4.78, 5) is 24.8. The molecule has 14 heavy (non-hydrogen) atoms. The third-order valence-corrected chi connectivity index (χ3v) is 2.57. The van der Waals surface area contributed by atoms with Gasteiger partial charge in [-0.3, -0.25) is 9.78 Å². The molecule has 0 bridgehead atoms. The number of fused-ring (bicyclic) bond motifs is 2. The third kappa shape index (κ3) is 0.878. The molecule has 1 heterocycles. The average molecular weight is 189 g/mol. The van der Waals surface area contributed by atoms with Gasteiger partial charge in [-0.2, -0.15) is 0 Å². The van der Waals surface area contributed by atoms with Gasteiger partial charge in [-0.25, -0.2) is 4.79 Å². The van der Waals surface area contributed by atoms with E-state index >= 15 is 0 Å². The lowest BCUT2D eigenvalue weighted by molar-refractivity contribution is 0.0994. The fraction of sp³-hybridized carbons (Fsp3) is 0.200. The Labute approximate surface area is 78.5 Å². The van der Waals surface area contributed by atoms with Crippen molar-refractivity contribution in [1.82, 2.24) is 4.98 Å². The first-order valence-corrected chi connectivity index (χ1v) is 4.43. The number of carbonyl (C=O) groups excluding carboxylic acids is 1. The quantitative estimate of drug-likeness (QED) is 0.678. The minimum absolute atomic E-state index is 0.143. The Bertz CT molecular complexity index is 591. The summed E-state index contributed by atoms with van der Waals surface area (Å²) in [5.41, 5.74) is 2.83. The summed E-state index contributed by atoms with van der Waals surface area (Å²) in [6.45, 7) is 0. The number of Topliss-reactive ketones (excluding diaryl/α,β-unsaturated/α-hetero) is 1. The van der Waals surface area contributed by atoms with Crippen LogP contribution in [0.1, 0.15) is 22.3 Å². The third-order valence-electron chi connectivity index (χ3n) is 2.57. The van der Waals surface area contributed by atoms with Gasteiger partial charge in [-0.15, -0.1) is 0 Å². The molecule has 70 valence electrons. The standard InChI is InChI=1S/C10H7NO3/c12-8-2-1-5-3-9-7(4-6(5)8)11-10(13)14-9/h3-4H,1-2H2,(H,11,13). The molecule has 2 aromatic rings. The van der Waals surface area contributed by atoms with Gasteiger partial charge in [0.2, 0.25) is 0 Å². The van der Waals surface area contributed by atoms with Gasteiger partial charge < -0.3 is 4.42 Å². The molecular weight excluding hydrogens is 182 g/mol. The first-order chi connectivity index (χ1) is 6.74. The van der Waals surface area contributed by atoms with Crippen LogP contribution in [-0.4, -0.2) is 10.8 Å². The number of hydrogen-bond donors (Lipinski definition) is 1. The van der Waals surface area contributed by atoms with Crippen molar-refractivity contribution in [2.24, 2.45) is 0 Å².